The van der Waals surface area contributed by atoms with Gasteiger partial charge in [-0.2, -0.15) is 0 Å². The zero-order chi connectivity index (χ0) is 13.9. The summed E-state index contributed by atoms with van der Waals surface area (Å²) in [5, 5.41) is 0. The van der Waals surface area contributed by atoms with E-state index in [1.807, 2.05) is 0 Å². The number of alkyl halides is 5. The number of nitrogens with two attached hydrogens (primary N) is 1. The molecule has 0 aliphatic carbocycles. The highest BCUT2D eigenvalue weighted by Gasteiger charge is 2.34. The Morgan fingerprint density at radius 2 is 2.00 bits per heavy atom. The van der Waals surface area contributed by atoms with E-state index < -0.39 is 24.2 Å². The van der Waals surface area contributed by atoms with Crippen molar-refractivity contribution >= 4 is 0 Å². The maximum Gasteiger partial charge on any atom is 0.574 e. The average molecular weight is 272 g/mol. The van der Waals surface area contributed by atoms with Crippen molar-refractivity contribution in [2.24, 2.45) is 5.73 Å². The third kappa shape index (κ3) is 3.42. The molecule has 0 saturated carbocycles. The molecule has 102 valence electrons. The fourth-order valence-electron chi connectivity index (χ4n) is 1.20. The fraction of sp³-hybridized carbons (Fsp3) is 0.444. The van der Waals surface area contributed by atoms with E-state index in [9.17, 15) is 22.0 Å². The largest absolute Gasteiger partial charge is 0.574 e. The van der Waals surface area contributed by atoms with Gasteiger partial charge in [-0.3, -0.25) is 0 Å². The number of halogens is 5. The molecule has 0 aliphatic rings. The molecule has 0 saturated heterocycles. The van der Waals surface area contributed by atoms with Crippen LogP contribution in [0.25, 0.3) is 0 Å². The second-order valence-electron chi connectivity index (χ2n) is 3.08. The zero-order valence-corrected chi connectivity index (χ0v) is 9.09. The molecule has 0 radical (unpaired) electrons. The van der Waals surface area contributed by atoms with Crippen LogP contribution in [0.3, 0.4) is 0 Å². The van der Waals surface area contributed by atoms with E-state index in [2.05, 4.69) is 9.72 Å². The van der Waals surface area contributed by atoms with Gasteiger partial charge in [0.1, 0.15) is 5.75 Å². The van der Waals surface area contributed by atoms with Crippen LogP contribution in [0, 0.1) is 0 Å². The molecule has 0 bridgehead atoms. The molecule has 0 atom stereocenters. The highest BCUT2D eigenvalue weighted by molar-refractivity contribution is 5.39. The standard InChI is InChI=1S/C9H9F5N2O2/c1-17-6-2-4(7(10)11)8(16-5(6)3-15)18-9(12,13)14/h2,7H,3,15H2,1H3. The molecule has 0 fully saturated rings. The Kier molecular flexibility index (Phi) is 4.28. The van der Waals surface area contributed by atoms with Crippen LogP contribution in [-0.4, -0.2) is 18.5 Å². The first-order valence-electron chi connectivity index (χ1n) is 4.60. The number of nitrogens with zero attached hydrogens (tertiary/aromatic N) is 1. The Bertz CT molecular complexity index is 422. The number of rotatable bonds is 4. The van der Waals surface area contributed by atoms with Gasteiger partial charge in [-0.15, -0.1) is 13.2 Å². The van der Waals surface area contributed by atoms with E-state index >= 15 is 0 Å². The molecule has 1 heterocycles. The summed E-state index contributed by atoms with van der Waals surface area (Å²) in [4.78, 5) is 3.30. The second kappa shape index (κ2) is 5.34. The normalized spacial score (nSPS) is 11.8. The van der Waals surface area contributed by atoms with Crippen LogP contribution in [-0.2, 0) is 6.54 Å². The summed E-state index contributed by atoms with van der Waals surface area (Å²) in [6.45, 7) is -0.277. The Labute approximate surface area is 98.5 Å². The van der Waals surface area contributed by atoms with Crippen LogP contribution < -0.4 is 15.2 Å². The molecule has 0 unspecified atom stereocenters. The smallest absolute Gasteiger partial charge is 0.495 e. The predicted molar refractivity (Wildman–Crippen MR) is 50.3 cm³/mol. The number of methoxy groups -OCH3 is 1. The van der Waals surface area contributed by atoms with Crippen LogP contribution >= 0.6 is 0 Å². The summed E-state index contributed by atoms with van der Waals surface area (Å²) in [5.41, 5.74) is 4.10. The van der Waals surface area contributed by atoms with Crippen molar-refractivity contribution in [1.29, 1.82) is 0 Å². The van der Waals surface area contributed by atoms with Crippen molar-refractivity contribution in [3.8, 4) is 11.6 Å². The summed E-state index contributed by atoms with van der Waals surface area (Å²) in [7, 11) is 1.16. The molecular weight excluding hydrogens is 263 g/mol. The summed E-state index contributed by atoms with van der Waals surface area (Å²) < 4.78 is 69.4. The third-order valence-electron chi connectivity index (χ3n) is 1.92. The van der Waals surface area contributed by atoms with Crippen molar-refractivity contribution in [3.05, 3.63) is 17.3 Å². The van der Waals surface area contributed by atoms with Gasteiger partial charge in [0.2, 0.25) is 5.88 Å². The topological polar surface area (TPSA) is 57.4 Å². The predicted octanol–water partition coefficient (Wildman–Crippen LogP) is 2.39. The van der Waals surface area contributed by atoms with Gasteiger partial charge >= 0.3 is 6.36 Å². The molecule has 2 N–H and O–H groups in total. The van der Waals surface area contributed by atoms with Crippen molar-refractivity contribution in [3.63, 3.8) is 0 Å². The fourth-order valence-corrected chi connectivity index (χ4v) is 1.20. The Hall–Kier alpha value is -1.64. The third-order valence-corrected chi connectivity index (χ3v) is 1.92. The SMILES string of the molecule is COc1cc(C(F)F)c(OC(F)(F)F)nc1CN. The first kappa shape index (κ1) is 14.4. The highest BCUT2D eigenvalue weighted by Crippen LogP contribution is 2.35. The summed E-state index contributed by atoms with van der Waals surface area (Å²) in [5.74, 6) is -1.35. The van der Waals surface area contributed by atoms with Gasteiger partial charge < -0.3 is 15.2 Å². The van der Waals surface area contributed by atoms with Gasteiger partial charge in [-0.05, 0) is 6.07 Å². The maximum absolute atomic E-state index is 12.6. The lowest BCUT2D eigenvalue weighted by atomic mass is 10.2. The lowest BCUT2D eigenvalue weighted by Gasteiger charge is -2.15. The number of hydrogen-bond donors (Lipinski definition) is 1. The van der Waals surface area contributed by atoms with Crippen molar-refractivity contribution in [1.82, 2.24) is 4.98 Å². The van der Waals surface area contributed by atoms with Crippen LogP contribution in [0.2, 0.25) is 0 Å². The lowest BCUT2D eigenvalue weighted by Crippen LogP contribution is -2.20. The highest BCUT2D eigenvalue weighted by atomic mass is 19.4. The van der Waals surface area contributed by atoms with E-state index in [0.717, 1.165) is 13.2 Å². The minimum atomic E-state index is -5.11. The van der Waals surface area contributed by atoms with Gasteiger partial charge in [0.15, 0.2) is 0 Å². The number of hydrogen-bond acceptors (Lipinski definition) is 4. The minimum Gasteiger partial charge on any atom is -0.495 e. The quantitative estimate of drug-likeness (QED) is 0.855. The molecule has 1 aromatic rings. The number of pyridine rings is 1. The Morgan fingerprint density at radius 1 is 1.39 bits per heavy atom. The Balaban J connectivity index is 3.29. The van der Waals surface area contributed by atoms with Gasteiger partial charge in [0.25, 0.3) is 6.43 Å². The molecule has 0 spiro atoms. The molecule has 0 aliphatic heterocycles. The van der Waals surface area contributed by atoms with Crippen molar-refractivity contribution < 1.29 is 31.4 Å². The molecular formula is C9H9F5N2O2. The summed E-state index contributed by atoms with van der Waals surface area (Å²) >= 11 is 0. The van der Waals surface area contributed by atoms with Gasteiger partial charge in [-0.1, -0.05) is 0 Å². The maximum atomic E-state index is 12.6. The van der Waals surface area contributed by atoms with Crippen molar-refractivity contribution in [2.45, 2.75) is 19.3 Å². The average Bonchev–Trinajstić information content (AvgIpc) is 2.25. The molecule has 0 amide bonds. The molecule has 9 heteroatoms. The molecule has 4 nitrogen and oxygen atoms in total. The molecule has 1 aromatic heterocycles. The van der Waals surface area contributed by atoms with Crippen LogP contribution in [0.15, 0.2) is 6.07 Å². The van der Waals surface area contributed by atoms with E-state index in [1.54, 1.807) is 0 Å². The van der Waals surface area contributed by atoms with E-state index in [4.69, 9.17) is 10.5 Å². The van der Waals surface area contributed by atoms with Gasteiger partial charge in [-0.25, -0.2) is 13.8 Å². The lowest BCUT2D eigenvalue weighted by molar-refractivity contribution is -0.276. The molecule has 1 rings (SSSR count). The van der Waals surface area contributed by atoms with Gasteiger partial charge in [0.05, 0.1) is 18.4 Å². The molecule has 18 heavy (non-hydrogen) atoms. The second-order valence-corrected chi connectivity index (χ2v) is 3.08. The van der Waals surface area contributed by atoms with E-state index in [-0.39, 0.29) is 18.0 Å². The zero-order valence-electron chi connectivity index (χ0n) is 9.09. The van der Waals surface area contributed by atoms with Crippen LogP contribution in [0.5, 0.6) is 11.6 Å². The summed E-state index contributed by atoms with van der Waals surface area (Å²) in [6, 6.07) is 0.723. The van der Waals surface area contributed by atoms with Crippen LogP contribution in [0.4, 0.5) is 22.0 Å². The van der Waals surface area contributed by atoms with Crippen LogP contribution in [0.1, 0.15) is 17.7 Å². The molecule has 0 aromatic carbocycles. The van der Waals surface area contributed by atoms with E-state index in [0.29, 0.717) is 0 Å². The number of ether oxygens (including phenoxy) is 2. The van der Waals surface area contributed by atoms with Gasteiger partial charge in [0, 0.05) is 6.54 Å². The Morgan fingerprint density at radius 3 is 2.39 bits per heavy atom. The first-order valence-corrected chi connectivity index (χ1v) is 4.60. The van der Waals surface area contributed by atoms with E-state index in [1.165, 1.54) is 0 Å². The summed E-state index contributed by atoms with van der Waals surface area (Å²) in [6.07, 6.45) is -8.30. The monoisotopic (exact) mass is 272 g/mol. The van der Waals surface area contributed by atoms with Crippen molar-refractivity contribution in [2.75, 3.05) is 7.11 Å². The number of aromatic nitrogens is 1. The first-order chi connectivity index (χ1) is 8.28. The minimum absolute atomic E-state index is 0.110.